The van der Waals surface area contributed by atoms with Gasteiger partial charge < -0.3 is 15.5 Å². The van der Waals surface area contributed by atoms with Gasteiger partial charge in [-0.1, -0.05) is 29.0 Å². The highest BCUT2D eigenvalue weighted by molar-refractivity contribution is 6.37. The summed E-state index contributed by atoms with van der Waals surface area (Å²) in [7, 11) is 0. The highest BCUT2D eigenvalue weighted by Crippen LogP contribution is 2.33. The molecule has 0 aliphatic heterocycles. The van der Waals surface area contributed by atoms with Crippen LogP contribution in [0, 0.1) is 0 Å². The molecule has 88 valence electrons. The van der Waals surface area contributed by atoms with Crippen LogP contribution < -0.4 is 10.4 Å². The van der Waals surface area contributed by atoms with Gasteiger partial charge in [-0.15, -0.1) is 0 Å². The number of hydrogen-bond acceptors (Lipinski definition) is 3. The fourth-order valence-corrected chi connectivity index (χ4v) is 1.83. The van der Waals surface area contributed by atoms with Crippen LogP contribution in [0.4, 0.5) is 11.4 Å². The van der Waals surface area contributed by atoms with E-state index < -0.39 is 0 Å². The Labute approximate surface area is 108 Å². The summed E-state index contributed by atoms with van der Waals surface area (Å²) >= 11 is 11.5. The topological polar surface area (TPSA) is 55.3 Å². The first-order valence-electron chi connectivity index (χ1n) is 4.78. The molecule has 3 nitrogen and oxygen atoms in total. The van der Waals surface area contributed by atoms with Gasteiger partial charge in [-0.05, 0) is 36.4 Å². The second kappa shape index (κ2) is 4.73. The maximum absolute atomic E-state index is 11.3. The summed E-state index contributed by atoms with van der Waals surface area (Å²) in [5.74, 6) is -0.203. The molecule has 17 heavy (non-hydrogen) atoms. The Balaban J connectivity index is 2.27. The third kappa shape index (κ3) is 2.75. The van der Waals surface area contributed by atoms with E-state index in [2.05, 4.69) is 5.32 Å². The molecule has 2 aromatic carbocycles. The van der Waals surface area contributed by atoms with Crippen LogP contribution in [-0.4, -0.2) is 5.11 Å². The molecule has 0 aliphatic carbocycles. The normalized spacial score (nSPS) is 10.2. The van der Waals surface area contributed by atoms with Gasteiger partial charge in [0, 0.05) is 21.4 Å². The van der Waals surface area contributed by atoms with Crippen LogP contribution in [-0.2, 0) is 0 Å². The molecule has 0 amide bonds. The molecule has 0 spiro atoms. The molecular weight excluding hydrogens is 261 g/mol. The van der Waals surface area contributed by atoms with Crippen LogP contribution in [0.3, 0.4) is 0 Å². The van der Waals surface area contributed by atoms with E-state index in [0.29, 0.717) is 5.69 Å². The van der Waals surface area contributed by atoms with Gasteiger partial charge in [0.1, 0.15) is 5.75 Å². The van der Waals surface area contributed by atoms with Gasteiger partial charge in [-0.2, -0.15) is 0 Å². The van der Waals surface area contributed by atoms with E-state index in [4.69, 9.17) is 28.3 Å². The number of phenolic OH excluding ortho intramolecular Hbond substituents is 1. The van der Waals surface area contributed by atoms with Crippen molar-refractivity contribution in [3.63, 3.8) is 0 Å². The Morgan fingerprint density at radius 1 is 0.941 bits per heavy atom. The van der Waals surface area contributed by atoms with Gasteiger partial charge >= 0.3 is 0 Å². The molecule has 0 saturated carbocycles. The minimum Gasteiger partial charge on any atom is -0.870 e. The Hall–Kier alpha value is -1.58. The summed E-state index contributed by atoms with van der Waals surface area (Å²) in [6.07, 6.45) is 0. The third-order valence-corrected chi connectivity index (χ3v) is 2.72. The number of halogens is 2. The molecule has 5 heteroatoms. The zero-order valence-corrected chi connectivity index (χ0v) is 10.1. The summed E-state index contributed by atoms with van der Waals surface area (Å²) in [6, 6.07) is 9.50. The lowest BCUT2D eigenvalue weighted by Gasteiger charge is -2.14. The van der Waals surface area contributed by atoms with E-state index in [1.807, 2.05) is 0 Å². The highest BCUT2D eigenvalue weighted by atomic mass is 35.5. The van der Waals surface area contributed by atoms with Crippen LogP contribution in [0.15, 0.2) is 36.4 Å². The Morgan fingerprint density at radius 3 is 2.00 bits per heavy atom. The second-order valence-corrected chi connectivity index (χ2v) is 4.26. The van der Waals surface area contributed by atoms with Crippen molar-refractivity contribution in [1.82, 2.24) is 0 Å². The molecule has 0 fully saturated rings. The first-order valence-corrected chi connectivity index (χ1v) is 5.54. The molecule has 2 aromatic rings. The SMILES string of the molecule is [O-]c1c(Cl)cc(Nc2ccc(O)cc2)cc1Cl. The van der Waals surface area contributed by atoms with Gasteiger partial charge in [-0.25, -0.2) is 0 Å². The zero-order chi connectivity index (χ0) is 12.4. The van der Waals surface area contributed by atoms with Gasteiger partial charge in [0.15, 0.2) is 0 Å². The fraction of sp³-hybridized carbons (Fsp3) is 0. The van der Waals surface area contributed by atoms with E-state index in [9.17, 15) is 5.11 Å². The number of hydrogen-bond donors (Lipinski definition) is 2. The quantitative estimate of drug-likeness (QED) is 0.820. The zero-order valence-electron chi connectivity index (χ0n) is 8.58. The summed E-state index contributed by atoms with van der Waals surface area (Å²) in [4.78, 5) is 0. The average Bonchev–Trinajstić information content (AvgIpc) is 2.29. The van der Waals surface area contributed by atoms with Gasteiger partial charge in [-0.3, -0.25) is 0 Å². The molecule has 0 unspecified atom stereocenters. The number of nitrogens with one attached hydrogen (secondary N) is 1. The number of anilines is 2. The molecule has 0 heterocycles. The predicted octanol–water partition coefficient (Wildman–Crippen LogP) is 3.52. The van der Waals surface area contributed by atoms with Crippen LogP contribution in [0.1, 0.15) is 0 Å². The third-order valence-electron chi connectivity index (χ3n) is 2.15. The minimum absolute atomic E-state index is 0.0683. The van der Waals surface area contributed by atoms with E-state index >= 15 is 0 Å². The largest absolute Gasteiger partial charge is 0.870 e. The number of phenols is 1. The van der Waals surface area contributed by atoms with Crippen molar-refractivity contribution in [3.8, 4) is 11.5 Å². The van der Waals surface area contributed by atoms with E-state index in [1.165, 1.54) is 12.1 Å². The Kier molecular flexibility index (Phi) is 3.31. The van der Waals surface area contributed by atoms with Crippen LogP contribution in [0.2, 0.25) is 10.0 Å². The number of aromatic hydroxyl groups is 1. The molecule has 0 aliphatic rings. The average molecular weight is 269 g/mol. The number of benzene rings is 2. The fourth-order valence-electron chi connectivity index (χ4n) is 1.34. The summed E-state index contributed by atoms with van der Waals surface area (Å²) < 4.78 is 0. The van der Waals surface area contributed by atoms with Crippen molar-refractivity contribution >= 4 is 34.6 Å². The monoisotopic (exact) mass is 268 g/mol. The lowest BCUT2D eigenvalue weighted by Crippen LogP contribution is -1.95. The van der Waals surface area contributed by atoms with Crippen molar-refractivity contribution in [2.24, 2.45) is 0 Å². The predicted molar refractivity (Wildman–Crippen MR) is 67.3 cm³/mol. The van der Waals surface area contributed by atoms with Crippen LogP contribution in [0.25, 0.3) is 0 Å². The molecule has 0 atom stereocenters. The van der Waals surface area contributed by atoms with E-state index in [-0.39, 0.29) is 21.5 Å². The van der Waals surface area contributed by atoms with Crippen molar-refractivity contribution in [2.75, 3.05) is 5.32 Å². The molecule has 0 radical (unpaired) electrons. The molecular formula is C12H8Cl2NO2-. The summed E-state index contributed by atoms with van der Waals surface area (Å²) in [5.41, 5.74) is 1.37. The maximum Gasteiger partial charge on any atom is 0.115 e. The van der Waals surface area contributed by atoms with Crippen molar-refractivity contribution in [1.29, 1.82) is 0 Å². The van der Waals surface area contributed by atoms with Crippen molar-refractivity contribution in [2.45, 2.75) is 0 Å². The molecule has 0 saturated heterocycles. The highest BCUT2D eigenvalue weighted by Gasteiger charge is 2.01. The summed E-state index contributed by atoms with van der Waals surface area (Å²) in [6.45, 7) is 0. The standard InChI is InChI=1S/C12H9Cl2NO2/c13-10-5-8(6-11(14)12(10)17)15-7-1-3-9(16)4-2-7/h1-6,15-17H/p-1. The number of rotatable bonds is 2. The lowest BCUT2D eigenvalue weighted by molar-refractivity contribution is -0.268. The smallest absolute Gasteiger partial charge is 0.115 e. The first-order chi connectivity index (χ1) is 8.06. The summed E-state index contributed by atoms with van der Waals surface area (Å²) in [5, 5.41) is 23.6. The molecule has 0 aromatic heterocycles. The molecule has 2 rings (SSSR count). The Morgan fingerprint density at radius 2 is 1.47 bits per heavy atom. The first kappa shape index (κ1) is 11.9. The molecule has 0 bridgehead atoms. The van der Waals surface area contributed by atoms with Gasteiger partial charge in [0.25, 0.3) is 0 Å². The van der Waals surface area contributed by atoms with E-state index in [1.54, 1.807) is 24.3 Å². The minimum atomic E-state index is -0.385. The van der Waals surface area contributed by atoms with Crippen LogP contribution in [0.5, 0.6) is 11.5 Å². The van der Waals surface area contributed by atoms with Gasteiger partial charge in [0.05, 0.1) is 0 Å². The van der Waals surface area contributed by atoms with Crippen molar-refractivity contribution < 1.29 is 10.2 Å². The Bertz CT molecular complexity index is 518. The second-order valence-electron chi connectivity index (χ2n) is 3.44. The molecule has 2 N–H and O–H groups in total. The maximum atomic E-state index is 11.3. The van der Waals surface area contributed by atoms with Crippen molar-refractivity contribution in [3.05, 3.63) is 46.4 Å². The lowest BCUT2D eigenvalue weighted by atomic mass is 10.2. The van der Waals surface area contributed by atoms with Gasteiger partial charge in [0.2, 0.25) is 0 Å². The van der Waals surface area contributed by atoms with E-state index in [0.717, 1.165) is 5.69 Å². The van der Waals surface area contributed by atoms with Crippen LogP contribution >= 0.6 is 23.2 Å².